The highest BCUT2D eigenvalue weighted by molar-refractivity contribution is 7.94. The van der Waals surface area contributed by atoms with Crippen LogP contribution in [0.3, 0.4) is 0 Å². The second-order valence-electron chi connectivity index (χ2n) is 2.13. The first-order valence-corrected chi connectivity index (χ1v) is 4.01. The molecule has 0 aliphatic rings. The van der Waals surface area contributed by atoms with Crippen molar-refractivity contribution < 1.29 is 9.22 Å². The Labute approximate surface area is 70.6 Å². The van der Waals surface area contributed by atoms with Crippen molar-refractivity contribution in [3.05, 3.63) is 29.8 Å². The van der Waals surface area contributed by atoms with E-state index in [1.807, 2.05) is 31.2 Å². The van der Waals surface area contributed by atoms with E-state index in [2.05, 4.69) is 9.22 Å². The fourth-order valence-electron chi connectivity index (χ4n) is 0.667. The summed E-state index contributed by atoms with van der Waals surface area (Å²) in [5.41, 5.74) is 1.24. The van der Waals surface area contributed by atoms with Crippen LogP contribution in [0.5, 0.6) is 0 Å². The van der Waals surface area contributed by atoms with Crippen LogP contribution >= 0.6 is 12.0 Å². The number of benzene rings is 1. The lowest BCUT2D eigenvalue weighted by molar-refractivity contribution is -0.160. The maximum Gasteiger partial charge on any atom is 0.0725 e. The maximum atomic E-state index is 4.68. The molecule has 0 saturated carbocycles. The molecule has 0 aromatic heterocycles. The Hall–Kier alpha value is -0.510. The third-order valence-electron chi connectivity index (χ3n) is 1.22. The van der Waals surface area contributed by atoms with Gasteiger partial charge in [-0.3, -0.25) is 0 Å². The highest BCUT2D eigenvalue weighted by Crippen LogP contribution is 2.18. The summed E-state index contributed by atoms with van der Waals surface area (Å²) in [5.74, 6) is 0. The zero-order valence-electron chi connectivity index (χ0n) is 6.53. The van der Waals surface area contributed by atoms with Crippen molar-refractivity contribution in [2.45, 2.75) is 11.8 Å². The Bertz CT molecular complexity index is 208. The van der Waals surface area contributed by atoms with Crippen molar-refractivity contribution in [1.82, 2.24) is 0 Å². The van der Waals surface area contributed by atoms with E-state index in [9.17, 15) is 0 Å². The van der Waals surface area contributed by atoms with Gasteiger partial charge in [0.2, 0.25) is 0 Å². The number of rotatable bonds is 3. The van der Waals surface area contributed by atoms with E-state index in [0.717, 1.165) is 4.90 Å². The first-order valence-electron chi connectivity index (χ1n) is 3.27. The highest BCUT2D eigenvalue weighted by Gasteiger charge is 1.92. The normalized spacial score (nSPS) is 10.0. The predicted octanol–water partition coefficient (Wildman–Crippen LogP) is 2.58. The van der Waals surface area contributed by atoms with E-state index in [1.54, 1.807) is 0 Å². The molecule has 11 heavy (non-hydrogen) atoms. The number of hydrogen-bond acceptors (Lipinski definition) is 3. The van der Waals surface area contributed by atoms with Gasteiger partial charge in [0.25, 0.3) is 0 Å². The van der Waals surface area contributed by atoms with Crippen molar-refractivity contribution in [2.24, 2.45) is 0 Å². The monoisotopic (exact) mass is 170 g/mol. The van der Waals surface area contributed by atoms with Gasteiger partial charge in [0.05, 0.1) is 19.2 Å². The SMILES string of the molecule is COOSc1ccc(C)cc1. The molecular formula is C8H10O2S. The third kappa shape index (κ3) is 2.93. The van der Waals surface area contributed by atoms with Gasteiger partial charge >= 0.3 is 0 Å². The first-order chi connectivity index (χ1) is 5.33. The summed E-state index contributed by atoms with van der Waals surface area (Å²) >= 11 is 1.21. The molecule has 60 valence electrons. The van der Waals surface area contributed by atoms with Crippen molar-refractivity contribution in [2.75, 3.05) is 7.11 Å². The van der Waals surface area contributed by atoms with Crippen LogP contribution in [0.2, 0.25) is 0 Å². The zero-order chi connectivity index (χ0) is 8.10. The molecule has 0 bridgehead atoms. The molecule has 0 N–H and O–H groups in total. The summed E-state index contributed by atoms with van der Waals surface area (Å²) < 4.78 is 4.68. The summed E-state index contributed by atoms with van der Waals surface area (Å²) in [4.78, 5) is 5.48. The van der Waals surface area contributed by atoms with Crippen molar-refractivity contribution >= 4 is 12.0 Å². The van der Waals surface area contributed by atoms with Crippen LogP contribution < -0.4 is 0 Å². The Kier molecular flexibility index (Phi) is 3.42. The minimum atomic E-state index is 1.04. The third-order valence-corrected chi connectivity index (χ3v) is 1.89. The Morgan fingerprint density at radius 3 is 2.36 bits per heavy atom. The van der Waals surface area contributed by atoms with E-state index < -0.39 is 0 Å². The minimum absolute atomic E-state index is 1.04. The topological polar surface area (TPSA) is 18.5 Å². The fraction of sp³-hybridized carbons (Fsp3) is 0.250. The van der Waals surface area contributed by atoms with Crippen LogP contribution in [-0.4, -0.2) is 7.11 Å². The smallest absolute Gasteiger partial charge is 0.0725 e. The van der Waals surface area contributed by atoms with Crippen molar-refractivity contribution in [1.29, 1.82) is 0 Å². The van der Waals surface area contributed by atoms with Gasteiger partial charge in [-0.05, 0) is 19.1 Å². The van der Waals surface area contributed by atoms with Crippen LogP contribution in [-0.2, 0) is 9.22 Å². The number of aryl methyl sites for hydroxylation is 1. The summed E-state index contributed by atoms with van der Waals surface area (Å²) in [5, 5.41) is 0. The van der Waals surface area contributed by atoms with Gasteiger partial charge in [0.15, 0.2) is 0 Å². The summed E-state index contributed by atoms with van der Waals surface area (Å²) in [6.07, 6.45) is 0. The average Bonchev–Trinajstić information content (AvgIpc) is 2.04. The molecule has 0 radical (unpaired) electrons. The summed E-state index contributed by atoms with van der Waals surface area (Å²) in [6.45, 7) is 2.05. The van der Waals surface area contributed by atoms with Gasteiger partial charge < -0.3 is 0 Å². The van der Waals surface area contributed by atoms with Gasteiger partial charge in [0, 0.05) is 4.90 Å². The van der Waals surface area contributed by atoms with Crippen molar-refractivity contribution in [3.8, 4) is 0 Å². The van der Waals surface area contributed by atoms with E-state index >= 15 is 0 Å². The van der Waals surface area contributed by atoms with Crippen LogP contribution in [0.1, 0.15) is 5.56 Å². The molecule has 0 aliphatic carbocycles. The summed E-state index contributed by atoms with van der Waals surface area (Å²) in [7, 11) is 1.49. The lowest BCUT2D eigenvalue weighted by Crippen LogP contribution is -1.77. The largest absolute Gasteiger partial charge is 0.227 e. The van der Waals surface area contributed by atoms with Crippen LogP contribution in [0.15, 0.2) is 29.2 Å². The van der Waals surface area contributed by atoms with Gasteiger partial charge in [0.1, 0.15) is 0 Å². The molecule has 0 amide bonds. The molecule has 0 aliphatic heterocycles. The Balaban J connectivity index is 2.52. The van der Waals surface area contributed by atoms with Crippen LogP contribution in [0.4, 0.5) is 0 Å². The Morgan fingerprint density at radius 2 is 1.82 bits per heavy atom. The average molecular weight is 170 g/mol. The van der Waals surface area contributed by atoms with E-state index in [4.69, 9.17) is 0 Å². The van der Waals surface area contributed by atoms with Crippen LogP contribution in [0, 0.1) is 6.92 Å². The standard InChI is InChI=1S/C8H10O2S/c1-7-3-5-8(6-4-7)11-10-9-2/h3-6H,1-2H3. The summed E-state index contributed by atoms with van der Waals surface area (Å²) in [6, 6.07) is 8.03. The molecule has 0 unspecified atom stereocenters. The quantitative estimate of drug-likeness (QED) is 0.394. The molecule has 1 aromatic carbocycles. The molecule has 3 heteroatoms. The zero-order valence-corrected chi connectivity index (χ0v) is 7.35. The van der Waals surface area contributed by atoms with Gasteiger partial charge in [-0.2, -0.15) is 4.33 Å². The molecule has 1 rings (SSSR count). The van der Waals surface area contributed by atoms with E-state index in [0.29, 0.717) is 0 Å². The van der Waals surface area contributed by atoms with Gasteiger partial charge in [-0.25, -0.2) is 4.89 Å². The van der Waals surface area contributed by atoms with E-state index in [1.165, 1.54) is 24.7 Å². The molecule has 0 heterocycles. The second-order valence-corrected chi connectivity index (χ2v) is 2.91. The lowest BCUT2D eigenvalue weighted by atomic mass is 10.2. The fourth-order valence-corrected chi connectivity index (χ4v) is 1.06. The molecular weight excluding hydrogens is 160 g/mol. The molecule has 2 nitrogen and oxygen atoms in total. The first kappa shape index (κ1) is 8.59. The lowest BCUT2D eigenvalue weighted by Gasteiger charge is -1.97. The molecule has 0 spiro atoms. The van der Waals surface area contributed by atoms with E-state index in [-0.39, 0.29) is 0 Å². The predicted molar refractivity (Wildman–Crippen MR) is 45.1 cm³/mol. The highest BCUT2D eigenvalue weighted by atomic mass is 32.2. The number of hydrogen-bond donors (Lipinski definition) is 0. The van der Waals surface area contributed by atoms with Crippen molar-refractivity contribution in [3.63, 3.8) is 0 Å². The van der Waals surface area contributed by atoms with Crippen LogP contribution in [0.25, 0.3) is 0 Å². The maximum absolute atomic E-state index is 4.68. The molecule has 0 atom stereocenters. The minimum Gasteiger partial charge on any atom is -0.227 e. The van der Waals surface area contributed by atoms with Gasteiger partial charge in [-0.15, -0.1) is 0 Å². The second kappa shape index (κ2) is 4.38. The Morgan fingerprint density at radius 1 is 1.18 bits per heavy atom. The van der Waals surface area contributed by atoms with Gasteiger partial charge in [-0.1, -0.05) is 17.7 Å². The molecule has 0 fully saturated rings. The molecule has 0 saturated heterocycles. The molecule has 1 aromatic rings.